The van der Waals surface area contributed by atoms with E-state index in [4.69, 9.17) is 16.3 Å². The van der Waals surface area contributed by atoms with Crippen molar-refractivity contribution in [3.8, 4) is 5.75 Å². The van der Waals surface area contributed by atoms with Gasteiger partial charge in [-0.3, -0.25) is 5.01 Å². The predicted molar refractivity (Wildman–Crippen MR) is 106 cm³/mol. The zero-order chi connectivity index (χ0) is 17.6. The van der Waals surface area contributed by atoms with Gasteiger partial charge in [0.1, 0.15) is 12.3 Å². The number of methoxy groups -OCH3 is 1. The predicted octanol–water partition coefficient (Wildman–Crippen LogP) is 2.85. The quantitative estimate of drug-likeness (QED) is 0.749. The zero-order valence-electron chi connectivity index (χ0n) is 14.2. The zero-order valence-corrected chi connectivity index (χ0v) is 16.6. The first-order valence-corrected chi connectivity index (χ1v) is 9.52. The van der Waals surface area contributed by atoms with Crippen LogP contribution in [0, 0.1) is 0 Å². The van der Waals surface area contributed by atoms with Crippen molar-refractivity contribution in [2.24, 2.45) is 5.10 Å². The molecule has 132 valence electrons. The van der Waals surface area contributed by atoms with Gasteiger partial charge >= 0.3 is 0 Å². The summed E-state index contributed by atoms with van der Waals surface area (Å²) < 4.78 is 6.41. The first-order valence-electron chi connectivity index (χ1n) is 8.35. The van der Waals surface area contributed by atoms with Gasteiger partial charge in [0, 0.05) is 20.6 Å². The van der Waals surface area contributed by atoms with E-state index in [0.29, 0.717) is 0 Å². The highest BCUT2D eigenvalue weighted by Crippen LogP contribution is 2.21. The van der Waals surface area contributed by atoms with Crippen molar-refractivity contribution in [1.82, 2.24) is 5.01 Å². The SMILES string of the molecule is COc1ccc(Br)cc1C=NN1CC[NH+](Cc2ccccc2Cl)CC1. The molecule has 1 saturated heterocycles. The summed E-state index contributed by atoms with van der Waals surface area (Å²) in [6, 6.07) is 14.0. The van der Waals surface area contributed by atoms with E-state index in [2.05, 4.69) is 32.1 Å². The highest BCUT2D eigenvalue weighted by atomic mass is 79.9. The second-order valence-electron chi connectivity index (χ2n) is 6.10. The molecule has 1 N–H and O–H groups in total. The average molecular weight is 424 g/mol. The Labute approximate surface area is 162 Å². The largest absolute Gasteiger partial charge is 0.496 e. The molecule has 2 aromatic rings. The smallest absolute Gasteiger partial charge is 0.127 e. The first kappa shape index (κ1) is 18.2. The molecule has 0 amide bonds. The third kappa shape index (κ3) is 4.97. The maximum absolute atomic E-state index is 6.27. The Morgan fingerprint density at radius 1 is 1.24 bits per heavy atom. The van der Waals surface area contributed by atoms with E-state index < -0.39 is 0 Å². The monoisotopic (exact) mass is 422 g/mol. The highest BCUT2D eigenvalue weighted by molar-refractivity contribution is 9.10. The molecule has 2 aromatic carbocycles. The summed E-state index contributed by atoms with van der Waals surface area (Å²) in [6.45, 7) is 4.95. The lowest BCUT2D eigenvalue weighted by molar-refractivity contribution is -0.918. The molecule has 3 rings (SSSR count). The standard InChI is InChI=1S/C19H21BrClN3O/c1-25-19-7-6-17(20)12-16(19)13-22-24-10-8-23(9-11-24)14-15-4-2-3-5-18(15)21/h2-7,12-13H,8-11,14H2,1H3/p+1. The topological polar surface area (TPSA) is 29.3 Å². The molecule has 1 heterocycles. The summed E-state index contributed by atoms with van der Waals surface area (Å²) >= 11 is 9.76. The number of nitrogens with one attached hydrogen (secondary N) is 1. The van der Waals surface area contributed by atoms with Crippen LogP contribution in [0.5, 0.6) is 5.75 Å². The molecule has 6 heteroatoms. The van der Waals surface area contributed by atoms with Crippen molar-refractivity contribution in [3.05, 3.63) is 63.1 Å². The fraction of sp³-hybridized carbons (Fsp3) is 0.316. The summed E-state index contributed by atoms with van der Waals surface area (Å²) in [7, 11) is 1.68. The van der Waals surface area contributed by atoms with E-state index in [9.17, 15) is 0 Å². The third-order valence-electron chi connectivity index (χ3n) is 4.40. The summed E-state index contributed by atoms with van der Waals surface area (Å²) in [5.74, 6) is 0.829. The second-order valence-corrected chi connectivity index (χ2v) is 7.43. The Bertz CT molecular complexity index is 745. The number of nitrogens with zero attached hydrogens (tertiary/aromatic N) is 2. The molecule has 1 aliphatic heterocycles. The van der Waals surface area contributed by atoms with E-state index in [0.717, 1.165) is 53.5 Å². The number of piperazine rings is 1. The number of hydrogen-bond donors (Lipinski definition) is 1. The molecule has 0 unspecified atom stereocenters. The van der Waals surface area contributed by atoms with Crippen molar-refractivity contribution < 1.29 is 9.64 Å². The van der Waals surface area contributed by atoms with E-state index in [1.54, 1.807) is 12.0 Å². The molecule has 0 aliphatic carbocycles. The lowest BCUT2D eigenvalue weighted by atomic mass is 10.2. The molecule has 0 saturated carbocycles. The summed E-state index contributed by atoms with van der Waals surface area (Å²) in [5.41, 5.74) is 2.19. The Morgan fingerprint density at radius 2 is 2.00 bits per heavy atom. The van der Waals surface area contributed by atoms with Gasteiger partial charge in [0.15, 0.2) is 0 Å². The average Bonchev–Trinajstić information content (AvgIpc) is 2.63. The molecule has 1 aliphatic rings. The van der Waals surface area contributed by atoms with Crippen LogP contribution < -0.4 is 9.64 Å². The molecule has 4 nitrogen and oxygen atoms in total. The minimum absolute atomic E-state index is 0.829. The Balaban J connectivity index is 1.56. The van der Waals surface area contributed by atoms with Crippen LogP contribution in [0.3, 0.4) is 0 Å². The van der Waals surface area contributed by atoms with E-state index in [1.165, 1.54) is 5.56 Å². The van der Waals surface area contributed by atoms with Crippen LogP contribution in [0.1, 0.15) is 11.1 Å². The molecular formula is C19H22BrClN3O+. The number of quaternary nitrogens is 1. The van der Waals surface area contributed by atoms with Crippen molar-refractivity contribution in [2.75, 3.05) is 33.3 Å². The molecule has 0 spiro atoms. The van der Waals surface area contributed by atoms with E-state index in [-0.39, 0.29) is 0 Å². The van der Waals surface area contributed by atoms with E-state index >= 15 is 0 Å². The van der Waals surface area contributed by atoms with Gasteiger partial charge in [0.25, 0.3) is 0 Å². The number of benzene rings is 2. The van der Waals surface area contributed by atoms with Crippen LogP contribution in [0.25, 0.3) is 0 Å². The van der Waals surface area contributed by atoms with Crippen LogP contribution >= 0.6 is 27.5 Å². The number of hydrazone groups is 1. The van der Waals surface area contributed by atoms with Gasteiger partial charge in [-0.05, 0) is 24.3 Å². The lowest BCUT2D eigenvalue weighted by Crippen LogP contribution is -3.13. The van der Waals surface area contributed by atoms with Crippen LogP contribution in [-0.4, -0.2) is 44.5 Å². The van der Waals surface area contributed by atoms with Gasteiger partial charge in [0.05, 0.1) is 39.5 Å². The minimum atomic E-state index is 0.829. The van der Waals surface area contributed by atoms with Gasteiger partial charge in [-0.25, -0.2) is 0 Å². The summed E-state index contributed by atoms with van der Waals surface area (Å²) in [6.07, 6.45) is 1.88. The van der Waals surface area contributed by atoms with Crippen LogP contribution in [0.2, 0.25) is 5.02 Å². The molecule has 1 fully saturated rings. The number of halogens is 2. The van der Waals surface area contributed by atoms with Crippen molar-refractivity contribution in [3.63, 3.8) is 0 Å². The van der Waals surface area contributed by atoms with Gasteiger partial charge in [-0.1, -0.05) is 45.7 Å². The van der Waals surface area contributed by atoms with Crippen LogP contribution in [0.4, 0.5) is 0 Å². The fourth-order valence-electron chi connectivity index (χ4n) is 2.96. The molecule has 0 aromatic heterocycles. The molecular weight excluding hydrogens is 402 g/mol. The molecule has 0 atom stereocenters. The van der Waals surface area contributed by atoms with Crippen molar-refractivity contribution in [1.29, 1.82) is 0 Å². The lowest BCUT2D eigenvalue weighted by Gasteiger charge is -2.30. The maximum atomic E-state index is 6.27. The Hall–Kier alpha value is -1.56. The van der Waals surface area contributed by atoms with Gasteiger partial charge in [-0.15, -0.1) is 0 Å². The van der Waals surface area contributed by atoms with Gasteiger partial charge in [-0.2, -0.15) is 5.10 Å². The number of ether oxygens (including phenoxy) is 1. The third-order valence-corrected chi connectivity index (χ3v) is 5.26. The molecule has 0 radical (unpaired) electrons. The normalized spacial score (nSPS) is 15.7. The molecule has 0 bridgehead atoms. The second kappa shape index (κ2) is 8.70. The molecule has 25 heavy (non-hydrogen) atoms. The minimum Gasteiger partial charge on any atom is -0.496 e. The highest BCUT2D eigenvalue weighted by Gasteiger charge is 2.19. The summed E-state index contributed by atoms with van der Waals surface area (Å²) in [4.78, 5) is 1.54. The van der Waals surface area contributed by atoms with Gasteiger partial charge < -0.3 is 9.64 Å². The Morgan fingerprint density at radius 3 is 2.72 bits per heavy atom. The van der Waals surface area contributed by atoms with E-state index in [1.807, 2.05) is 42.6 Å². The first-order chi connectivity index (χ1) is 12.2. The maximum Gasteiger partial charge on any atom is 0.127 e. The van der Waals surface area contributed by atoms with Gasteiger partial charge in [0.2, 0.25) is 0 Å². The summed E-state index contributed by atoms with van der Waals surface area (Å²) in [5, 5.41) is 7.61. The fourth-order valence-corrected chi connectivity index (χ4v) is 3.55. The Kier molecular flexibility index (Phi) is 6.34. The number of rotatable bonds is 5. The van der Waals surface area contributed by atoms with Crippen molar-refractivity contribution >= 4 is 33.7 Å². The number of hydrogen-bond acceptors (Lipinski definition) is 3. The van der Waals surface area contributed by atoms with Crippen LogP contribution in [0.15, 0.2) is 52.0 Å². The van der Waals surface area contributed by atoms with Crippen LogP contribution in [-0.2, 0) is 6.54 Å². The van der Waals surface area contributed by atoms with Crippen molar-refractivity contribution in [2.45, 2.75) is 6.54 Å².